The minimum absolute atomic E-state index is 0.430. The summed E-state index contributed by atoms with van der Waals surface area (Å²) in [6, 6.07) is 8.65. The van der Waals surface area contributed by atoms with Crippen molar-refractivity contribution in [1.29, 1.82) is 0 Å². The fourth-order valence-corrected chi connectivity index (χ4v) is 1.67. The number of benzene rings is 1. The lowest BCUT2D eigenvalue weighted by Crippen LogP contribution is -2.32. The van der Waals surface area contributed by atoms with Crippen molar-refractivity contribution in [3.63, 3.8) is 0 Å². The summed E-state index contributed by atoms with van der Waals surface area (Å²) in [7, 11) is 3.79. The Hall–Kier alpha value is -0.730. The van der Waals surface area contributed by atoms with E-state index in [0.29, 0.717) is 11.9 Å². The molecule has 1 atom stereocenters. The van der Waals surface area contributed by atoms with Crippen LogP contribution < -0.4 is 4.74 Å². The van der Waals surface area contributed by atoms with Crippen molar-refractivity contribution in [2.45, 2.75) is 19.4 Å². The molecular weight excluding hydrogens is 222 g/mol. The third-order valence-electron chi connectivity index (χ3n) is 2.89. The van der Waals surface area contributed by atoms with Gasteiger partial charge in [0.1, 0.15) is 5.75 Å². The highest BCUT2D eigenvalue weighted by Gasteiger charge is 2.07. The molecule has 0 saturated heterocycles. The molecule has 1 aromatic carbocycles. The van der Waals surface area contributed by atoms with E-state index in [-0.39, 0.29) is 0 Å². The number of halogens is 1. The molecule has 3 heteroatoms. The quantitative estimate of drug-likeness (QED) is 0.711. The Balaban J connectivity index is 2.42. The van der Waals surface area contributed by atoms with Gasteiger partial charge in [-0.2, -0.15) is 0 Å². The monoisotopic (exact) mass is 241 g/mol. The third-order valence-corrected chi connectivity index (χ3v) is 3.33. The van der Waals surface area contributed by atoms with Crippen molar-refractivity contribution < 1.29 is 4.74 Å². The summed E-state index contributed by atoms with van der Waals surface area (Å²) >= 11 is 5.81. The maximum atomic E-state index is 5.81. The predicted molar refractivity (Wildman–Crippen MR) is 69.5 cm³/mol. The van der Waals surface area contributed by atoms with Crippen molar-refractivity contribution >= 4 is 11.6 Å². The average molecular weight is 242 g/mol. The van der Waals surface area contributed by atoms with Crippen molar-refractivity contribution in [2.75, 3.05) is 26.6 Å². The highest BCUT2D eigenvalue weighted by Crippen LogP contribution is 2.12. The summed E-state index contributed by atoms with van der Waals surface area (Å²) in [6.45, 7) is 3.17. The first-order valence-corrected chi connectivity index (χ1v) is 6.10. The first-order chi connectivity index (χ1) is 7.67. The highest BCUT2D eigenvalue weighted by atomic mass is 35.5. The number of hydrogen-bond donors (Lipinski definition) is 0. The SMILES string of the molecule is COc1ccc(CCN(C)C(C)CCl)cc1. The van der Waals surface area contributed by atoms with E-state index in [1.165, 1.54) is 5.56 Å². The lowest BCUT2D eigenvalue weighted by atomic mass is 10.1. The molecule has 1 unspecified atom stereocenters. The maximum Gasteiger partial charge on any atom is 0.118 e. The molecule has 90 valence electrons. The Bertz CT molecular complexity index is 299. The molecule has 0 aliphatic carbocycles. The molecule has 0 spiro atoms. The van der Waals surface area contributed by atoms with Crippen LogP contribution in [0.25, 0.3) is 0 Å². The van der Waals surface area contributed by atoms with Gasteiger partial charge in [-0.1, -0.05) is 12.1 Å². The molecule has 0 aliphatic rings. The summed E-state index contributed by atoms with van der Waals surface area (Å²) in [5.74, 6) is 1.59. The smallest absolute Gasteiger partial charge is 0.118 e. The van der Waals surface area contributed by atoms with Crippen LogP contribution in [0.15, 0.2) is 24.3 Å². The van der Waals surface area contributed by atoms with Gasteiger partial charge in [-0.15, -0.1) is 11.6 Å². The van der Waals surface area contributed by atoms with Gasteiger partial charge >= 0.3 is 0 Å². The Morgan fingerprint density at radius 1 is 1.31 bits per heavy atom. The molecule has 0 heterocycles. The van der Waals surface area contributed by atoms with Gasteiger partial charge in [0.25, 0.3) is 0 Å². The van der Waals surface area contributed by atoms with Gasteiger partial charge in [-0.05, 0) is 38.1 Å². The van der Waals surface area contributed by atoms with E-state index >= 15 is 0 Å². The number of ether oxygens (including phenoxy) is 1. The summed E-state index contributed by atoms with van der Waals surface area (Å²) in [5.41, 5.74) is 1.33. The Morgan fingerprint density at radius 2 is 1.94 bits per heavy atom. The normalized spacial score (nSPS) is 12.8. The molecule has 16 heavy (non-hydrogen) atoms. The van der Waals surface area contributed by atoms with Crippen LogP contribution in [0.4, 0.5) is 0 Å². The Morgan fingerprint density at radius 3 is 2.44 bits per heavy atom. The third kappa shape index (κ3) is 4.03. The van der Waals surface area contributed by atoms with E-state index in [0.717, 1.165) is 18.7 Å². The molecule has 0 aromatic heterocycles. The minimum Gasteiger partial charge on any atom is -0.497 e. The molecule has 0 radical (unpaired) electrons. The number of likely N-dealkylation sites (N-methyl/N-ethyl adjacent to an activating group) is 1. The summed E-state index contributed by atoms with van der Waals surface area (Å²) < 4.78 is 5.12. The van der Waals surface area contributed by atoms with E-state index in [1.54, 1.807) is 7.11 Å². The van der Waals surface area contributed by atoms with Crippen LogP contribution in [0.1, 0.15) is 12.5 Å². The zero-order chi connectivity index (χ0) is 12.0. The second-order valence-corrected chi connectivity index (χ2v) is 4.39. The van der Waals surface area contributed by atoms with Gasteiger partial charge < -0.3 is 9.64 Å². The van der Waals surface area contributed by atoms with Gasteiger partial charge in [0.2, 0.25) is 0 Å². The molecule has 1 rings (SSSR count). The summed E-state index contributed by atoms with van der Waals surface area (Å²) in [4.78, 5) is 2.28. The number of methoxy groups -OCH3 is 1. The molecular formula is C13H20ClNO. The van der Waals surface area contributed by atoms with Gasteiger partial charge in [-0.25, -0.2) is 0 Å². The van der Waals surface area contributed by atoms with E-state index < -0.39 is 0 Å². The van der Waals surface area contributed by atoms with Gasteiger partial charge in [0.05, 0.1) is 7.11 Å². The number of alkyl halides is 1. The molecule has 0 N–H and O–H groups in total. The van der Waals surface area contributed by atoms with Crippen LogP contribution in [0.2, 0.25) is 0 Å². The fraction of sp³-hybridized carbons (Fsp3) is 0.538. The van der Waals surface area contributed by atoms with Crippen LogP contribution in [0.5, 0.6) is 5.75 Å². The summed E-state index contributed by atoms with van der Waals surface area (Å²) in [5, 5.41) is 0. The second kappa shape index (κ2) is 6.77. The first kappa shape index (κ1) is 13.3. The molecule has 0 amide bonds. The average Bonchev–Trinajstić information content (AvgIpc) is 2.35. The van der Waals surface area contributed by atoms with Crippen LogP contribution in [-0.4, -0.2) is 37.5 Å². The Kier molecular flexibility index (Phi) is 5.64. The standard InChI is InChI=1S/C13H20ClNO/c1-11(10-14)15(2)9-8-12-4-6-13(16-3)7-5-12/h4-7,11H,8-10H2,1-3H3. The van der Waals surface area contributed by atoms with Gasteiger partial charge in [0, 0.05) is 18.5 Å². The minimum atomic E-state index is 0.430. The molecule has 0 fully saturated rings. The predicted octanol–water partition coefficient (Wildman–Crippen LogP) is 2.80. The number of nitrogens with zero attached hydrogens (tertiary/aromatic N) is 1. The first-order valence-electron chi connectivity index (χ1n) is 5.56. The van der Waals surface area contributed by atoms with Crippen molar-refractivity contribution in [2.24, 2.45) is 0 Å². The van der Waals surface area contributed by atoms with Crippen molar-refractivity contribution in [3.8, 4) is 5.75 Å². The fourth-order valence-electron chi connectivity index (χ4n) is 1.44. The number of rotatable bonds is 6. The van der Waals surface area contributed by atoms with Crippen LogP contribution in [0.3, 0.4) is 0 Å². The van der Waals surface area contributed by atoms with E-state index in [1.807, 2.05) is 12.1 Å². The topological polar surface area (TPSA) is 12.5 Å². The van der Waals surface area contributed by atoms with Gasteiger partial charge in [-0.3, -0.25) is 0 Å². The van der Waals surface area contributed by atoms with Gasteiger partial charge in [0.15, 0.2) is 0 Å². The maximum absolute atomic E-state index is 5.81. The zero-order valence-corrected chi connectivity index (χ0v) is 11.0. The highest BCUT2D eigenvalue weighted by molar-refractivity contribution is 6.18. The molecule has 1 aromatic rings. The number of hydrogen-bond acceptors (Lipinski definition) is 2. The van der Waals surface area contributed by atoms with Crippen LogP contribution in [-0.2, 0) is 6.42 Å². The lowest BCUT2D eigenvalue weighted by Gasteiger charge is -2.22. The van der Waals surface area contributed by atoms with E-state index in [9.17, 15) is 0 Å². The zero-order valence-electron chi connectivity index (χ0n) is 10.2. The molecule has 0 aliphatic heterocycles. The largest absolute Gasteiger partial charge is 0.497 e. The summed E-state index contributed by atoms with van der Waals surface area (Å²) in [6.07, 6.45) is 1.04. The van der Waals surface area contributed by atoms with E-state index in [4.69, 9.17) is 16.3 Å². The molecule has 0 saturated carbocycles. The van der Waals surface area contributed by atoms with Crippen molar-refractivity contribution in [1.82, 2.24) is 4.90 Å². The lowest BCUT2D eigenvalue weighted by molar-refractivity contribution is 0.280. The molecule has 2 nitrogen and oxygen atoms in total. The van der Waals surface area contributed by atoms with Crippen LogP contribution in [0, 0.1) is 0 Å². The van der Waals surface area contributed by atoms with Crippen LogP contribution >= 0.6 is 11.6 Å². The van der Waals surface area contributed by atoms with E-state index in [2.05, 4.69) is 31.0 Å². The van der Waals surface area contributed by atoms with Crippen molar-refractivity contribution in [3.05, 3.63) is 29.8 Å². The second-order valence-electron chi connectivity index (χ2n) is 4.08. The molecule has 0 bridgehead atoms. The Labute approximate surface area is 103 Å².